The van der Waals surface area contributed by atoms with Gasteiger partial charge in [0.05, 0.1) is 16.8 Å². The van der Waals surface area contributed by atoms with Crippen LogP contribution in [-0.4, -0.2) is 32.3 Å². The van der Waals surface area contributed by atoms with Crippen LogP contribution < -0.4 is 5.73 Å². The number of aryl methyl sites for hydroxylation is 1. The van der Waals surface area contributed by atoms with Gasteiger partial charge in [0, 0.05) is 0 Å². The molecule has 21 heavy (non-hydrogen) atoms. The molecule has 0 radical (unpaired) electrons. The number of nitrogens with zero attached hydrogens (tertiary/aromatic N) is 2. The van der Waals surface area contributed by atoms with Crippen molar-refractivity contribution in [2.24, 2.45) is 5.73 Å². The second-order valence-electron chi connectivity index (χ2n) is 5.33. The molecule has 0 unspecified atom stereocenters. The first kappa shape index (κ1) is 15.4. The largest absolute Gasteiger partial charge is 0.481 e. The summed E-state index contributed by atoms with van der Waals surface area (Å²) in [6.07, 6.45) is 0. The molecule has 0 aliphatic heterocycles. The summed E-state index contributed by atoms with van der Waals surface area (Å²) in [5, 5.41) is 9.32. The highest BCUT2D eigenvalue weighted by Crippen LogP contribution is 2.31. The Kier molecular flexibility index (Phi) is 3.95. The zero-order valence-corrected chi connectivity index (χ0v) is 12.9. The first-order valence-electron chi connectivity index (χ1n) is 6.37. The van der Waals surface area contributed by atoms with Crippen LogP contribution in [0, 0.1) is 6.92 Å². The summed E-state index contributed by atoms with van der Waals surface area (Å²) in [7, 11) is 0. The summed E-state index contributed by atoms with van der Waals surface area (Å²) in [4.78, 5) is 27.0. The van der Waals surface area contributed by atoms with Gasteiger partial charge in [0.15, 0.2) is 5.16 Å². The van der Waals surface area contributed by atoms with E-state index in [1.165, 1.54) is 0 Å². The standard InChI is InChI=1S/C14H17N3O3S/c1-8-4-5-10-9(6-8)16-13(21-7-11(18)19)17(10)14(2,3)12(15)20/h4-6H,7H2,1-3H3,(H2,15,20)(H,18,19). The number of nitrogens with two attached hydrogens (primary N) is 1. The Morgan fingerprint density at radius 2 is 2.10 bits per heavy atom. The molecule has 7 heteroatoms. The van der Waals surface area contributed by atoms with E-state index in [-0.39, 0.29) is 5.75 Å². The summed E-state index contributed by atoms with van der Waals surface area (Å²) < 4.78 is 1.71. The number of carboxylic acid groups (broad SMARTS) is 1. The average molecular weight is 307 g/mol. The number of thioether (sulfide) groups is 1. The Balaban J connectivity index is 2.65. The number of carboxylic acids is 1. The lowest BCUT2D eigenvalue weighted by Crippen LogP contribution is -2.41. The van der Waals surface area contributed by atoms with Crippen LogP contribution in [0.25, 0.3) is 11.0 Å². The zero-order chi connectivity index (χ0) is 15.8. The quantitative estimate of drug-likeness (QED) is 0.820. The normalized spacial score (nSPS) is 11.8. The highest BCUT2D eigenvalue weighted by molar-refractivity contribution is 7.99. The molecular weight excluding hydrogens is 290 g/mol. The van der Waals surface area contributed by atoms with Gasteiger partial charge in [-0.25, -0.2) is 4.98 Å². The van der Waals surface area contributed by atoms with Crippen molar-refractivity contribution >= 4 is 34.7 Å². The van der Waals surface area contributed by atoms with Crippen molar-refractivity contribution < 1.29 is 14.7 Å². The predicted octanol–water partition coefficient (Wildman–Crippen LogP) is 1.74. The number of fused-ring (bicyclic) bond motifs is 1. The van der Waals surface area contributed by atoms with Crippen LogP contribution in [0.1, 0.15) is 19.4 Å². The summed E-state index contributed by atoms with van der Waals surface area (Å²) >= 11 is 1.08. The van der Waals surface area contributed by atoms with Gasteiger partial charge in [-0.3, -0.25) is 9.59 Å². The van der Waals surface area contributed by atoms with E-state index < -0.39 is 17.4 Å². The molecule has 6 nitrogen and oxygen atoms in total. The highest BCUT2D eigenvalue weighted by Gasteiger charge is 2.32. The molecule has 1 heterocycles. The molecule has 3 N–H and O–H groups in total. The molecule has 112 valence electrons. The van der Waals surface area contributed by atoms with Gasteiger partial charge >= 0.3 is 5.97 Å². The lowest BCUT2D eigenvalue weighted by molar-refractivity contribution is -0.133. The molecule has 0 bridgehead atoms. The van der Waals surface area contributed by atoms with E-state index in [1.54, 1.807) is 18.4 Å². The fourth-order valence-corrected chi connectivity index (χ4v) is 2.91. The Labute approximate surface area is 126 Å². The minimum absolute atomic E-state index is 0.128. The maximum atomic E-state index is 11.8. The first-order valence-corrected chi connectivity index (χ1v) is 7.36. The number of rotatable bonds is 5. The summed E-state index contributed by atoms with van der Waals surface area (Å²) in [6.45, 7) is 5.34. The Morgan fingerprint density at radius 1 is 1.43 bits per heavy atom. The second-order valence-corrected chi connectivity index (χ2v) is 6.27. The van der Waals surface area contributed by atoms with E-state index >= 15 is 0 Å². The third-order valence-electron chi connectivity index (χ3n) is 3.27. The lowest BCUT2D eigenvalue weighted by atomic mass is 10.0. The number of carbonyl (C=O) groups is 2. The first-order chi connectivity index (χ1) is 9.73. The van der Waals surface area contributed by atoms with Crippen LogP contribution in [0.2, 0.25) is 0 Å². The van der Waals surface area contributed by atoms with Crippen molar-refractivity contribution in [2.75, 3.05) is 5.75 Å². The molecule has 2 aromatic rings. The number of imidazole rings is 1. The van der Waals surface area contributed by atoms with Crippen molar-refractivity contribution in [2.45, 2.75) is 31.5 Å². The molecule has 0 saturated heterocycles. The average Bonchev–Trinajstić information content (AvgIpc) is 2.73. The SMILES string of the molecule is Cc1ccc2c(c1)nc(SCC(=O)O)n2C(C)(C)C(N)=O. The molecule has 2 rings (SSSR count). The number of benzene rings is 1. The molecule has 0 aliphatic carbocycles. The summed E-state index contributed by atoms with van der Waals surface area (Å²) in [5.74, 6) is -1.57. The molecule has 1 aromatic heterocycles. The fraction of sp³-hybridized carbons (Fsp3) is 0.357. The van der Waals surface area contributed by atoms with Gasteiger partial charge < -0.3 is 15.4 Å². The minimum atomic E-state index is -0.995. The van der Waals surface area contributed by atoms with Gasteiger partial charge in [-0.15, -0.1) is 0 Å². The second kappa shape index (κ2) is 5.40. The topological polar surface area (TPSA) is 98.2 Å². The zero-order valence-electron chi connectivity index (χ0n) is 12.1. The van der Waals surface area contributed by atoms with Gasteiger partial charge in [0.1, 0.15) is 5.54 Å². The number of amides is 1. The summed E-state index contributed by atoms with van der Waals surface area (Å²) in [5.41, 5.74) is 7.02. The van der Waals surface area contributed by atoms with E-state index in [0.29, 0.717) is 5.16 Å². The van der Waals surface area contributed by atoms with E-state index in [0.717, 1.165) is 28.4 Å². The van der Waals surface area contributed by atoms with Gasteiger partial charge in [0.2, 0.25) is 5.91 Å². The number of aliphatic carboxylic acids is 1. The van der Waals surface area contributed by atoms with Crippen LogP contribution in [-0.2, 0) is 15.1 Å². The van der Waals surface area contributed by atoms with Gasteiger partial charge in [-0.05, 0) is 38.5 Å². The van der Waals surface area contributed by atoms with Gasteiger partial charge in [0.25, 0.3) is 0 Å². The molecule has 1 amide bonds. The van der Waals surface area contributed by atoms with Gasteiger partial charge in [-0.1, -0.05) is 17.8 Å². The Hall–Kier alpha value is -2.02. The van der Waals surface area contributed by atoms with Crippen molar-refractivity contribution in [3.05, 3.63) is 23.8 Å². The van der Waals surface area contributed by atoms with Gasteiger partial charge in [-0.2, -0.15) is 0 Å². The maximum absolute atomic E-state index is 11.8. The molecule has 0 atom stereocenters. The van der Waals surface area contributed by atoms with Crippen molar-refractivity contribution in [1.82, 2.24) is 9.55 Å². The molecule has 1 aromatic carbocycles. The minimum Gasteiger partial charge on any atom is -0.481 e. The van der Waals surface area contributed by atoms with Crippen LogP contribution in [0.4, 0.5) is 0 Å². The fourth-order valence-electron chi connectivity index (χ4n) is 2.04. The van der Waals surface area contributed by atoms with E-state index in [1.807, 2.05) is 25.1 Å². The number of hydrogen-bond donors (Lipinski definition) is 2. The monoisotopic (exact) mass is 307 g/mol. The Morgan fingerprint density at radius 3 is 2.67 bits per heavy atom. The molecule has 0 saturated carbocycles. The van der Waals surface area contributed by atoms with Crippen molar-refractivity contribution in [3.63, 3.8) is 0 Å². The third kappa shape index (κ3) is 2.87. The van der Waals surface area contributed by atoms with E-state index in [9.17, 15) is 9.59 Å². The smallest absolute Gasteiger partial charge is 0.313 e. The predicted molar refractivity (Wildman–Crippen MR) is 81.3 cm³/mol. The molecular formula is C14H17N3O3S. The molecule has 0 spiro atoms. The van der Waals surface area contributed by atoms with E-state index in [4.69, 9.17) is 10.8 Å². The van der Waals surface area contributed by atoms with Crippen LogP contribution in [0.5, 0.6) is 0 Å². The number of hydrogen-bond acceptors (Lipinski definition) is 4. The highest BCUT2D eigenvalue weighted by atomic mass is 32.2. The number of aromatic nitrogens is 2. The van der Waals surface area contributed by atoms with Crippen molar-refractivity contribution in [3.8, 4) is 0 Å². The number of carbonyl (C=O) groups excluding carboxylic acids is 1. The maximum Gasteiger partial charge on any atom is 0.313 e. The van der Waals surface area contributed by atoms with Crippen LogP contribution in [0.3, 0.4) is 0 Å². The third-order valence-corrected chi connectivity index (χ3v) is 4.19. The van der Waals surface area contributed by atoms with E-state index in [2.05, 4.69) is 4.98 Å². The molecule has 0 fully saturated rings. The van der Waals surface area contributed by atoms with Crippen LogP contribution in [0.15, 0.2) is 23.4 Å². The number of primary amides is 1. The van der Waals surface area contributed by atoms with Crippen LogP contribution >= 0.6 is 11.8 Å². The summed E-state index contributed by atoms with van der Waals surface area (Å²) in [6, 6.07) is 5.68. The lowest BCUT2D eigenvalue weighted by Gasteiger charge is -2.25. The molecule has 0 aliphatic rings. The van der Waals surface area contributed by atoms with Crippen molar-refractivity contribution in [1.29, 1.82) is 0 Å². The Bertz CT molecular complexity index is 722.